The van der Waals surface area contributed by atoms with Gasteiger partial charge in [-0.15, -0.1) is 0 Å². The van der Waals surface area contributed by atoms with Crippen LogP contribution in [0.2, 0.25) is 5.02 Å². The fourth-order valence-electron chi connectivity index (χ4n) is 1.72. The van der Waals surface area contributed by atoms with Crippen LogP contribution >= 0.6 is 11.6 Å². The Morgan fingerprint density at radius 1 is 1.27 bits per heavy atom. The lowest BCUT2D eigenvalue weighted by Crippen LogP contribution is -2.40. The van der Waals surface area contributed by atoms with Crippen molar-refractivity contribution in [1.29, 1.82) is 0 Å². The van der Waals surface area contributed by atoms with Gasteiger partial charge in [-0.05, 0) is 43.4 Å². The molecule has 0 spiro atoms. The van der Waals surface area contributed by atoms with Crippen LogP contribution in [-0.4, -0.2) is 5.54 Å². The molecule has 0 aromatic heterocycles. The predicted molar refractivity (Wildman–Crippen MR) is 67.4 cm³/mol. The van der Waals surface area contributed by atoms with Crippen molar-refractivity contribution in [3.05, 3.63) is 34.3 Å². The van der Waals surface area contributed by atoms with Crippen molar-refractivity contribution in [3.63, 3.8) is 0 Å². The molecule has 0 unspecified atom stereocenters. The van der Waals surface area contributed by atoms with Crippen LogP contribution < -0.4 is 5.73 Å². The summed E-state index contributed by atoms with van der Waals surface area (Å²) >= 11 is 5.99. The van der Waals surface area contributed by atoms with E-state index >= 15 is 0 Å². The van der Waals surface area contributed by atoms with Gasteiger partial charge in [0.1, 0.15) is 0 Å². The third-order valence-corrected chi connectivity index (χ3v) is 3.61. The average Bonchev–Trinajstić information content (AvgIpc) is 2.23. The zero-order valence-electron chi connectivity index (χ0n) is 9.81. The Hall–Kier alpha value is -0.530. The Balaban J connectivity index is 2.85. The molecule has 0 amide bonds. The van der Waals surface area contributed by atoms with E-state index in [-0.39, 0.29) is 5.54 Å². The normalized spacial score (nSPS) is 11.8. The standard InChI is InChI=1S/C13H20ClN/c1-4-13(15,5-2)9-11-6-7-12(14)10(3)8-11/h6-8H,4-5,9,15H2,1-3H3. The number of rotatable bonds is 4. The zero-order valence-corrected chi connectivity index (χ0v) is 10.6. The topological polar surface area (TPSA) is 26.0 Å². The van der Waals surface area contributed by atoms with Crippen LogP contribution in [0.15, 0.2) is 18.2 Å². The second kappa shape index (κ2) is 5.00. The second-order valence-electron chi connectivity index (χ2n) is 4.33. The van der Waals surface area contributed by atoms with Crippen molar-refractivity contribution in [2.75, 3.05) is 0 Å². The molecular weight excluding hydrogens is 206 g/mol. The van der Waals surface area contributed by atoms with Gasteiger partial charge in [0.15, 0.2) is 0 Å². The number of nitrogens with two attached hydrogens (primary N) is 1. The van der Waals surface area contributed by atoms with Gasteiger partial charge in [-0.1, -0.05) is 37.6 Å². The lowest BCUT2D eigenvalue weighted by Gasteiger charge is -2.26. The second-order valence-corrected chi connectivity index (χ2v) is 4.74. The van der Waals surface area contributed by atoms with Gasteiger partial charge in [-0.2, -0.15) is 0 Å². The molecule has 2 heteroatoms. The molecule has 0 aliphatic carbocycles. The molecule has 0 aliphatic rings. The molecule has 0 radical (unpaired) electrons. The van der Waals surface area contributed by atoms with E-state index in [1.165, 1.54) is 5.56 Å². The fraction of sp³-hybridized carbons (Fsp3) is 0.538. The lowest BCUT2D eigenvalue weighted by atomic mass is 9.86. The van der Waals surface area contributed by atoms with Crippen molar-refractivity contribution < 1.29 is 0 Å². The zero-order chi connectivity index (χ0) is 11.5. The number of halogens is 1. The van der Waals surface area contributed by atoms with Crippen molar-refractivity contribution in [1.82, 2.24) is 0 Å². The first-order chi connectivity index (χ1) is 7.00. The van der Waals surface area contributed by atoms with Gasteiger partial charge in [0, 0.05) is 10.6 Å². The molecule has 2 N–H and O–H groups in total. The summed E-state index contributed by atoms with van der Waals surface area (Å²) in [4.78, 5) is 0. The first kappa shape index (κ1) is 12.5. The number of benzene rings is 1. The molecule has 0 bridgehead atoms. The molecule has 0 atom stereocenters. The van der Waals surface area contributed by atoms with Crippen LogP contribution in [-0.2, 0) is 6.42 Å². The van der Waals surface area contributed by atoms with Gasteiger partial charge in [0.05, 0.1) is 0 Å². The summed E-state index contributed by atoms with van der Waals surface area (Å²) in [6.07, 6.45) is 2.94. The predicted octanol–water partition coefficient (Wildman–Crippen LogP) is 3.71. The summed E-state index contributed by atoms with van der Waals surface area (Å²) in [5, 5.41) is 0.828. The Bertz CT molecular complexity index is 329. The first-order valence-corrected chi connectivity index (χ1v) is 5.92. The van der Waals surface area contributed by atoms with E-state index in [1.807, 2.05) is 13.0 Å². The fourth-order valence-corrected chi connectivity index (χ4v) is 1.84. The van der Waals surface area contributed by atoms with Crippen LogP contribution in [0.3, 0.4) is 0 Å². The summed E-state index contributed by atoms with van der Waals surface area (Å²) in [7, 11) is 0. The minimum absolute atomic E-state index is 0.0692. The highest BCUT2D eigenvalue weighted by atomic mass is 35.5. The molecule has 84 valence electrons. The molecule has 1 aromatic rings. The quantitative estimate of drug-likeness (QED) is 0.831. The smallest absolute Gasteiger partial charge is 0.0435 e. The monoisotopic (exact) mass is 225 g/mol. The third kappa shape index (κ3) is 3.22. The van der Waals surface area contributed by atoms with Gasteiger partial charge in [-0.3, -0.25) is 0 Å². The van der Waals surface area contributed by atoms with E-state index < -0.39 is 0 Å². The van der Waals surface area contributed by atoms with Gasteiger partial charge in [-0.25, -0.2) is 0 Å². The number of hydrogen-bond acceptors (Lipinski definition) is 1. The summed E-state index contributed by atoms with van der Waals surface area (Å²) in [6, 6.07) is 6.16. The van der Waals surface area contributed by atoms with Crippen LogP contribution in [0, 0.1) is 6.92 Å². The molecule has 0 heterocycles. The van der Waals surface area contributed by atoms with Crippen LogP contribution in [0.4, 0.5) is 0 Å². The molecule has 15 heavy (non-hydrogen) atoms. The van der Waals surface area contributed by atoms with Gasteiger partial charge in [0.2, 0.25) is 0 Å². The van der Waals surface area contributed by atoms with E-state index in [4.69, 9.17) is 17.3 Å². The van der Waals surface area contributed by atoms with Gasteiger partial charge < -0.3 is 5.73 Å². The van der Waals surface area contributed by atoms with Crippen molar-refractivity contribution in [2.45, 2.75) is 45.6 Å². The number of aryl methyl sites for hydroxylation is 1. The highest BCUT2D eigenvalue weighted by molar-refractivity contribution is 6.31. The van der Waals surface area contributed by atoms with E-state index in [9.17, 15) is 0 Å². The maximum atomic E-state index is 6.28. The molecule has 0 saturated carbocycles. The van der Waals surface area contributed by atoms with E-state index in [0.29, 0.717) is 0 Å². The summed E-state index contributed by atoms with van der Waals surface area (Å²) in [6.45, 7) is 6.32. The Morgan fingerprint density at radius 3 is 2.33 bits per heavy atom. The highest BCUT2D eigenvalue weighted by Gasteiger charge is 2.20. The van der Waals surface area contributed by atoms with Crippen molar-refractivity contribution in [2.24, 2.45) is 5.73 Å². The SMILES string of the molecule is CCC(N)(CC)Cc1ccc(Cl)c(C)c1. The van der Waals surface area contributed by atoms with Crippen molar-refractivity contribution in [3.8, 4) is 0 Å². The van der Waals surface area contributed by atoms with Gasteiger partial charge in [0.25, 0.3) is 0 Å². The largest absolute Gasteiger partial charge is 0.325 e. The van der Waals surface area contributed by atoms with E-state index in [0.717, 1.165) is 29.8 Å². The minimum atomic E-state index is -0.0692. The third-order valence-electron chi connectivity index (χ3n) is 3.19. The summed E-state index contributed by atoms with van der Waals surface area (Å²) < 4.78 is 0. The molecule has 0 saturated heterocycles. The Labute approximate surface area is 97.6 Å². The van der Waals surface area contributed by atoms with Crippen molar-refractivity contribution >= 4 is 11.6 Å². The molecular formula is C13H20ClN. The number of hydrogen-bond donors (Lipinski definition) is 1. The molecule has 0 fully saturated rings. The summed E-state index contributed by atoms with van der Waals surface area (Å²) in [5.74, 6) is 0. The maximum absolute atomic E-state index is 6.28. The van der Waals surface area contributed by atoms with Gasteiger partial charge >= 0.3 is 0 Å². The van der Waals surface area contributed by atoms with E-state index in [2.05, 4.69) is 26.0 Å². The lowest BCUT2D eigenvalue weighted by molar-refractivity contribution is 0.393. The Morgan fingerprint density at radius 2 is 1.87 bits per heavy atom. The van der Waals surface area contributed by atoms with Crippen LogP contribution in [0.1, 0.15) is 37.8 Å². The molecule has 1 rings (SSSR count). The Kier molecular flexibility index (Phi) is 4.18. The van der Waals surface area contributed by atoms with Crippen LogP contribution in [0.25, 0.3) is 0 Å². The maximum Gasteiger partial charge on any atom is 0.0435 e. The minimum Gasteiger partial charge on any atom is -0.325 e. The first-order valence-electron chi connectivity index (χ1n) is 5.54. The van der Waals surface area contributed by atoms with Crippen LogP contribution in [0.5, 0.6) is 0 Å². The average molecular weight is 226 g/mol. The highest BCUT2D eigenvalue weighted by Crippen LogP contribution is 2.22. The summed E-state index contributed by atoms with van der Waals surface area (Å²) in [5.41, 5.74) is 8.62. The van der Waals surface area contributed by atoms with E-state index in [1.54, 1.807) is 0 Å². The molecule has 1 nitrogen and oxygen atoms in total. The molecule has 0 aliphatic heterocycles. The molecule has 1 aromatic carbocycles.